The molecular formula is C26H37N3O4S. The van der Waals surface area contributed by atoms with E-state index in [1.165, 1.54) is 4.90 Å². The van der Waals surface area contributed by atoms with Gasteiger partial charge in [-0.25, -0.2) is 8.42 Å². The molecule has 0 aliphatic rings. The van der Waals surface area contributed by atoms with Gasteiger partial charge in [0.05, 0.1) is 11.9 Å². The highest BCUT2D eigenvalue weighted by molar-refractivity contribution is 7.92. The lowest BCUT2D eigenvalue weighted by Crippen LogP contribution is -2.53. The lowest BCUT2D eigenvalue weighted by atomic mass is 10.1. The van der Waals surface area contributed by atoms with Crippen LogP contribution in [0, 0.1) is 6.92 Å². The molecule has 0 aliphatic heterocycles. The van der Waals surface area contributed by atoms with Crippen LogP contribution in [0.15, 0.2) is 48.5 Å². The topological polar surface area (TPSA) is 86.8 Å². The maximum atomic E-state index is 13.6. The van der Waals surface area contributed by atoms with E-state index in [0.717, 1.165) is 33.7 Å². The van der Waals surface area contributed by atoms with Gasteiger partial charge < -0.3 is 10.2 Å². The van der Waals surface area contributed by atoms with Crippen LogP contribution < -0.4 is 9.62 Å². The second-order valence-corrected chi connectivity index (χ2v) is 10.7. The number of carbonyl (C=O) groups is 2. The van der Waals surface area contributed by atoms with Crippen molar-refractivity contribution >= 4 is 27.5 Å². The van der Waals surface area contributed by atoms with Crippen LogP contribution in [-0.2, 0) is 32.6 Å². The summed E-state index contributed by atoms with van der Waals surface area (Å²) in [6, 6.07) is 14.0. The number of nitrogens with zero attached hydrogens (tertiary/aromatic N) is 2. The van der Waals surface area contributed by atoms with Crippen LogP contribution in [0.2, 0.25) is 0 Å². The minimum absolute atomic E-state index is 0.0819. The molecule has 7 nitrogen and oxygen atoms in total. The number of carbonyl (C=O) groups excluding carboxylic acids is 2. The zero-order valence-corrected chi connectivity index (χ0v) is 21.9. The van der Waals surface area contributed by atoms with Crippen LogP contribution in [-0.4, -0.2) is 50.0 Å². The fraction of sp³-hybridized carbons (Fsp3) is 0.462. The van der Waals surface area contributed by atoms with Crippen molar-refractivity contribution in [2.75, 3.05) is 17.1 Å². The molecule has 0 bridgehead atoms. The van der Waals surface area contributed by atoms with Crippen molar-refractivity contribution in [3.05, 3.63) is 65.2 Å². The lowest BCUT2D eigenvalue weighted by molar-refractivity contribution is -0.140. The number of hydrogen-bond acceptors (Lipinski definition) is 4. The molecule has 0 aliphatic carbocycles. The molecule has 2 aromatic rings. The molecule has 2 aromatic carbocycles. The molecule has 0 radical (unpaired) electrons. The normalized spacial score (nSPS) is 12.3. The Morgan fingerprint density at radius 1 is 1.00 bits per heavy atom. The van der Waals surface area contributed by atoms with Crippen molar-refractivity contribution in [2.45, 2.75) is 66.1 Å². The number of rotatable bonds is 11. The van der Waals surface area contributed by atoms with Gasteiger partial charge in [-0.15, -0.1) is 0 Å². The fourth-order valence-corrected chi connectivity index (χ4v) is 4.63. The first-order chi connectivity index (χ1) is 16.0. The van der Waals surface area contributed by atoms with Crippen LogP contribution in [0.4, 0.5) is 5.69 Å². The van der Waals surface area contributed by atoms with Gasteiger partial charge in [-0.2, -0.15) is 0 Å². The first kappa shape index (κ1) is 27.4. The standard InChI is InChI=1S/C26H37N3O4S/c1-7-21-13-15-23(16-14-21)29(34(6,32)33)18-25(30)28(17-22-12-10-9-11-20(22)5)24(8-2)26(31)27-19(3)4/h9-16,19,24H,7-8,17-18H2,1-6H3,(H,27,31). The van der Waals surface area contributed by atoms with E-state index >= 15 is 0 Å². The second-order valence-electron chi connectivity index (χ2n) is 8.83. The third-order valence-electron chi connectivity index (χ3n) is 5.73. The average molecular weight is 488 g/mol. The van der Waals surface area contributed by atoms with Crippen LogP contribution in [0.1, 0.15) is 50.8 Å². The van der Waals surface area contributed by atoms with Crippen molar-refractivity contribution in [3.8, 4) is 0 Å². The van der Waals surface area contributed by atoms with Crippen molar-refractivity contribution in [3.63, 3.8) is 0 Å². The molecule has 34 heavy (non-hydrogen) atoms. The van der Waals surface area contributed by atoms with Crippen LogP contribution in [0.5, 0.6) is 0 Å². The summed E-state index contributed by atoms with van der Waals surface area (Å²) < 4.78 is 26.4. The number of sulfonamides is 1. The number of benzene rings is 2. The Morgan fingerprint density at radius 2 is 1.62 bits per heavy atom. The molecular weight excluding hydrogens is 450 g/mol. The molecule has 0 heterocycles. The quantitative estimate of drug-likeness (QED) is 0.524. The van der Waals surface area contributed by atoms with Gasteiger partial charge in [-0.05, 0) is 62.4 Å². The third-order valence-corrected chi connectivity index (χ3v) is 6.87. The SMILES string of the molecule is CCc1ccc(N(CC(=O)N(Cc2ccccc2C)C(CC)C(=O)NC(C)C)S(C)(=O)=O)cc1. The number of anilines is 1. The summed E-state index contributed by atoms with van der Waals surface area (Å²) >= 11 is 0. The van der Waals surface area contributed by atoms with Gasteiger partial charge in [0.1, 0.15) is 12.6 Å². The molecule has 2 amide bonds. The Hall–Kier alpha value is -2.87. The summed E-state index contributed by atoms with van der Waals surface area (Å²) in [6.45, 7) is 9.37. The average Bonchev–Trinajstić information content (AvgIpc) is 2.77. The van der Waals surface area contributed by atoms with Crippen LogP contribution >= 0.6 is 0 Å². The van der Waals surface area contributed by atoms with Gasteiger partial charge >= 0.3 is 0 Å². The number of amides is 2. The smallest absolute Gasteiger partial charge is 0.244 e. The summed E-state index contributed by atoms with van der Waals surface area (Å²) in [4.78, 5) is 28.1. The zero-order valence-electron chi connectivity index (χ0n) is 21.0. The van der Waals surface area contributed by atoms with Crippen molar-refractivity contribution in [1.29, 1.82) is 0 Å². The van der Waals surface area contributed by atoms with E-state index in [2.05, 4.69) is 5.32 Å². The monoisotopic (exact) mass is 487 g/mol. The van der Waals surface area contributed by atoms with E-state index in [1.807, 2.05) is 71.0 Å². The van der Waals surface area contributed by atoms with E-state index in [4.69, 9.17) is 0 Å². The number of aryl methyl sites for hydroxylation is 2. The third kappa shape index (κ3) is 7.32. The van der Waals surface area contributed by atoms with E-state index < -0.39 is 22.0 Å². The van der Waals surface area contributed by atoms with Crippen LogP contribution in [0.3, 0.4) is 0 Å². The largest absolute Gasteiger partial charge is 0.352 e. The zero-order chi connectivity index (χ0) is 25.5. The van der Waals surface area contributed by atoms with Gasteiger partial charge in [0.15, 0.2) is 0 Å². The van der Waals surface area contributed by atoms with E-state index in [1.54, 1.807) is 12.1 Å². The molecule has 8 heteroatoms. The minimum Gasteiger partial charge on any atom is -0.352 e. The lowest BCUT2D eigenvalue weighted by Gasteiger charge is -2.33. The maximum Gasteiger partial charge on any atom is 0.244 e. The molecule has 0 fully saturated rings. The highest BCUT2D eigenvalue weighted by Crippen LogP contribution is 2.21. The first-order valence-electron chi connectivity index (χ1n) is 11.7. The predicted octanol–water partition coefficient (Wildman–Crippen LogP) is 3.66. The first-order valence-corrected chi connectivity index (χ1v) is 13.5. The van der Waals surface area contributed by atoms with Crippen LogP contribution in [0.25, 0.3) is 0 Å². The molecule has 0 aromatic heterocycles. The Bertz CT molecular complexity index is 1080. The molecule has 0 saturated carbocycles. The summed E-state index contributed by atoms with van der Waals surface area (Å²) in [5.41, 5.74) is 3.39. The summed E-state index contributed by atoms with van der Waals surface area (Å²) in [5.74, 6) is -0.684. The van der Waals surface area contributed by atoms with Crippen molar-refractivity contribution in [1.82, 2.24) is 10.2 Å². The molecule has 0 saturated heterocycles. The van der Waals surface area contributed by atoms with Gasteiger partial charge in [0.25, 0.3) is 0 Å². The molecule has 1 N–H and O–H groups in total. The van der Waals surface area contributed by atoms with Crippen molar-refractivity contribution in [2.24, 2.45) is 0 Å². The Balaban J connectivity index is 2.44. The summed E-state index contributed by atoms with van der Waals surface area (Å²) in [5, 5.41) is 2.89. The Labute approximate surface area is 204 Å². The Kier molecular flexibility index (Phi) is 9.67. The molecule has 2 rings (SSSR count). The molecule has 186 valence electrons. The van der Waals surface area contributed by atoms with Gasteiger partial charge in [-0.1, -0.05) is 50.2 Å². The predicted molar refractivity (Wildman–Crippen MR) is 137 cm³/mol. The van der Waals surface area contributed by atoms with E-state index in [-0.39, 0.29) is 25.0 Å². The summed E-state index contributed by atoms with van der Waals surface area (Å²) in [6.07, 6.45) is 2.31. The van der Waals surface area contributed by atoms with Gasteiger partial charge in [-0.3, -0.25) is 13.9 Å². The molecule has 1 atom stereocenters. The highest BCUT2D eigenvalue weighted by Gasteiger charge is 2.32. The highest BCUT2D eigenvalue weighted by atomic mass is 32.2. The Morgan fingerprint density at radius 3 is 2.12 bits per heavy atom. The second kappa shape index (κ2) is 12.0. The van der Waals surface area contributed by atoms with E-state index in [9.17, 15) is 18.0 Å². The maximum absolute atomic E-state index is 13.6. The molecule has 0 spiro atoms. The summed E-state index contributed by atoms with van der Waals surface area (Å²) in [7, 11) is -3.73. The number of nitrogens with one attached hydrogen (secondary N) is 1. The number of hydrogen-bond donors (Lipinski definition) is 1. The van der Waals surface area contributed by atoms with Gasteiger partial charge in [0.2, 0.25) is 21.8 Å². The van der Waals surface area contributed by atoms with Crippen molar-refractivity contribution < 1.29 is 18.0 Å². The van der Waals surface area contributed by atoms with E-state index in [0.29, 0.717) is 12.1 Å². The molecule has 1 unspecified atom stereocenters. The van der Waals surface area contributed by atoms with Gasteiger partial charge in [0, 0.05) is 12.6 Å². The fourth-order valence-electron chi connectivity index (χ4n) is 3.78. The minimum atomic E-state index is -3.73.